The molecule has 3 fully saturated rings. The van der Waals surface area contributed by atoms with Gasteiger partial charge in [-0.05, 0) is 69.2 Å². The average Bonchev–Trinajstić information content (AvgIpc) is 3.65. The van der Waals surface area contributed by atoms with Crippen molar-refractivity contribution >= 4 is 40.4 Å². The minimum atomic E-state index is -4.55. The minimum Gasteiger partial charge on any atom is -0.504 e. The molecule has 0 radical (unpaired) electrons. The van der Waals surface area contributed by atoms with E-state index in [0.717, 1.165) is 68.5 Å². The van der Waals surface area contributed by atoms with Crippen molar-refractivity contribution in [1.29, 1.82) is 0 Å². The molecule has 1 atom stereocenters. The van der Waals surface area contributed by atoms with Crippen LogP contribution in [0.5, 0.6) is 5.75 Å². The van der Waals surface area contributed by atoms with Crippen LogP contribution in [0, 0.1) is 6.92 Å². The number of aromatic nitrogens is 6. The monoisotopic (exact) mass is 852 g/mol. The minimum absolute atomic E-state index is 0.0647. The number of aromatic amines is 2. The van der Waals surface area contributed by atoms with E-state index in [1.165, 1.54) is 10.7 Å². The molecule has 0 bridgehead atoms. The second-order valence-electron chi connectivity index (χ2n) is 15.7. The van der Waals surface area contributed by atoms with Crippen LogP contribution in [-0.2, 0) is 29.3 Å². The van der Waals surface area contributed by atoms with Crippen LogP contribution in [0.1, 0.15) is 53.2 Å². The SMILES string of the molecule is C=C(Cn1nc(-c2ccc(N3CCN(C4COC4)CC3)cc2)n(C)[nH]c2c(c1=O)C1(CCN(C(=C)c3n[nH]c(C)c3O)CC1)SC2C)Nc1ccc(C(F)(F)F)cc1Cl. The maximum atomic E-state index is 15.1. The van der Waals surface area contributed by atoms with E-state index >= 15 is 4.79 Å². The van der Waals surface area contributed by atoms with Gasteiger partial charge in [-0.15, -0.1) is 16.9 Å². The number of nitrogens with one attached hydrogen (secondary N) is 3. The number of piperidine rings is 1. The van der Waals surface area contributed by atoms with Gasteiger partial charge < -0.3 is 25.0 Å². The van der Waals surface area contributed by atoms with Crippen molar-refractivity contribution in [3.05, 3.63) is 105 Å². The van der Waals surface area contributed by atoms with E-state index in [1.807, 2.05) is 23.9 Å². The Morgan fingerprint density at radius 3 is 2.37 bits per heavy atom. The van der Waals surface area contributed by atoms with Gasteiger partial charge in [-0.1, -0.05) is 24.8 Å². The number of H-pyrrole nitrogens is 2. The number of benzene rings is 2. The molecule has 13 nitrogen and oxygen atoms in total. The number of anilines is 2. The van der Waals surface area contributed by atoms with Crippen molar-refractivity contribution in [3.8, 4) is 17.1 Å². The van der Waals surface area contributed by atoms with Crippen molar-refractivity contribution < 1.29 is 23.0 Å². The van der Waals surface area contributed by atoms with E-state index in [-0.39, 0.29) is 33.8 Å². The lowest BCUT2D eigenvalue weighted by Crippen LogP contribution is -2.56. The van der Waals surface area contributed by atoms with Crippen LogP contribution in [0.15, 0.2) is 66.1 Å². The molecule has 0 amide bonds. The summed E-state index contributed by atoms with van der Waals surface area (Å²) in [6.07, 6.45) is -3.34. The Bertz CT molecular complexity index is 2370. The highest BCUT2D eigenvalue weighted by Gasteiger charge is 2.48. The standard InChI is InChI=1S/C41H48ClF3N10O3S/c1-24(46-33-11-8-29(20-32(33)42)41(43,44)45)21-55-39(57)34-36(27(4)59-40(34)12-14-52(15-13-40)26(3)35-37(56)25(2)47-48-35)49-51(5)38(50-55)28-6-9-30(10-7-28)53-16-18-54(19-17-53)31-22-58-23-31/h6-11,20,27,31,46,49,56H,1,3,12-19,21-23H2,2,4-5H3,(H,47,48). The molecule has 8 rings (SSSR count). The van der Waals surface area contributed by atoms with Gasteiger partial charge in [-0.25, -0.2) is 4.68 Å². The van der Waals surface area contributed by atoms with Crippen LogP contribution >= 0.6 is 23.4 Å². The number of nitrogens with zero attached hydrogens (tertiary/aromatic N) is 7. The van der Waals surface area contributed by atoms with Crippen molar-refractivity contribution in [2.24, 2.45) is 7.05 Å². The zero-order valence-electron chi connectivity index (χ0n) is 33.2. The highest BCUT2D eigenvalue weighted by molar-refractivity contribution is 8.00. The fourth-order valence-corrected chi connectivity index (χ4v) is 10.3. The molecule has 18 heteroatoms. The topological polar surface area (TPSA) is 135 Å². The molecule has 2 aromatic heterocycles. The number of alkyl halides is 3. The number of aryl methyl sites for hydroxylation is 2. The number of likely N-dealkylation sites (tertiary alicyclic amines) is 1. The number of aromatic hydroxyl groups is 1. The second-order valence-corrected chi connectivity index (χ2v) is 17.8. The number of allylic oxidation sites excluding steroid dienone is 1. The van der Waals surface area contributed by atoms with Crippen molar-refractivity contribution in [2.45, 2.75) is 55.4 Å². The quantitative estimate of drug-likeness (QED) is 0.139. The lowest BCUT2D eigenvalue weighted by molar-refractivity contribution is -0.137. The van der Waals surface area contributed by atoms with Gasteiger partial charge in [-0.2, -0.15) is 18.3 Å². The van der Waals surface area contributed by atoms with Crippen LogP contribution in [-0.4, -0.2) is 103 Å². The molecule has 1 unspecified atom stereocenters. The Kier molecular flexibility index (Phi) is 11.1. The Morgan fingerprint density at radius 2 is 1.78 bits per heavy atom. The number of rotatable bonds is 9. The number of piperazine rings is 1. The first kappa shape index (κ1) is 40.9. The van der Waals surface area contributed by atoms with Gasteiger partial charge in [0.25, 0.3) is 5.56 Å². The van der Waals surface area contributed by atoms with Crippen LogP contribution < -0.4 is 15.8 Å². The van der Waals surface area contributed by atoms with Crippen molar-refractivity contribution in [3.63, 3.8) is 0 Å². The summed E-state index contributed by atoms with van der Waals surface area (Å²) in [5.74, 6) is 0.555. The molecule has 0 aliphatic carbocycles. The lowest BCUT2D eigenvalue weighted by Gasteiger charge is -2.43. The van der Waals surface area contributed by atoms with E-state index < -0.39 is 16.5 Å². The van der Waals surface area contributed by atoms with Gasteiger partial charge in [0.05, 0.1) is 69.5 Å². The summed E-state index contributed by atoms with van der Waals surface area (Å²) in [6.45, 7) is 18.6. The van der Waals surface area contributed by atoms with Gasteiger partial charge in [0.15, 0.2) is 11.6 Å². The molecule has 2 aromatic carbocycles. The first-order chi connectivity index (χ1) is 28.1. The molecule has 4 aliphatic rings. The number of hydrogen-bond acceptors (Lipinski definition) is 10. The third-order valence-electron chi connectivity index (χ3n) is 11.8. The molecule has 6 heterocycles. The molecular formula is C41H48ClF3N10O3S. The Hall–Kier alpha value is -4.84. The van der Waals surface area contributed by atoms with Gasteiger partial charge in [0.1, 0.15) is 5.69 Å². The molecule has 4 aromatic rings. The molecule has 314 valence electrons. The van der Waals surface area contributed by atoms with Gasteiger partial charge in [-0.3, -0.25) is 24.6 Å². The number of fused-ring (bicyclic) bond motifs is 2. The van der Waals surface area contributed by atoms with Crippen molar-refractivity contribution in [1.82, 2.24) is 39.6 Å². The maximum absolute atomic E-state index is 15.1. The zero-order chi connectivity index (χ0) is 41.8. The fraction of sp³-hybridized carbons (Fsp3) is 0.439. The van der Waals surface area contributed by atoms with E-state index in [0.29, 0.717) is 66.1 Å². The molecular weight excluding hydrogens is 805 g/mol. The summed E-state index contributed by atoms with van der Waals surface area (Å²) < 4.78 is 48.3. The third kappa shape index (κ3) is 7.97. The molecule has 3 saturated heterocycles. The molecule has 4 N–H and O–H groups in total. The Balaban J connectivity index is 1.13. The van der Waals surface area contributed by atoms with E-state index in [2.05, 4.69) is 67.5 Å². The molecule has 1 spiro atoms. The predicted octanol–water partition coefficient (Wildman–Crippen LogP) is 7.03. The summed E-state index contributed by atoms with van der Waals surface area (Å²) in [6, 6.07) is 11.7. The average molecular weight is 853 g/mol. The summed E-state index contributed by atoms with van der Waals surface area (Å²) in [4.78, 5) is 22.0. The number of ether oxygens (including phenoxy) is 1. The van der Waals surface area contributed by atoms with Crippen LogP contribution in [0.3, 0.4) is 0 Å². The maximum Gasteiger partial charge on any atom is 0.416 e. The summed E-state index contributed by atoms with van der Waals surface area (Å²) >= 11 is 8.05. The summed E-state index contributed by atoms with van der Waals surface area (Å²) in [5, 5.41) is 29.0. The van der Waals surface area contributed by atoms with E-state index in [9.17, 15) is 18.3 Å². The summed E-state index contributed by atoms with van der Waals surface area (Å²) in [7, 11) is 1.87. The molecule has 0 saturated carbocycles. The molecule has 59 heavy (non-hydrogen) atoms. The first-order valence-electron chi connectivity index (χ1n) is 19.6. The van der Waals surface area contributed by atoms with Gasteiger partial charge in [0.2, 0.25) is 0 Å². The van der Waals surface area contributed by atoms with E-state index in [4.69, 9.17) is 21.4 Å². The highest BCUT2D eigenvalue weighted by atomic mass is 35.5. The Morgan fingerprint density at radius 1 is 1.08 bits per heavy atom. The first-order valence-corrected chi connectivity index (χ1v) is 20.9. The third-order valence-corrected chi connectivity index (χ3v) is 13.8. The van der Waals surface area contributed by atoms with E-state index in [1.54, 1.807) is 18.7 Å². The number of thioether (sulfide) groups is 1. The summed E-state index contributed by atoms with van der Waals surface area (Å²) in [5.41, 5.74) is 4.16. The Labute approximate surface area is 349 Å². The van der Waals surface area contributed by atoms with Crippen LogP contribution in [0.25, 0.3) is 17.1 Å². The smallest absolute Gasteiger partial charge is 0.416 e. The van der Waals surface area contributed by atoms with Crippen molar-refractivity contribution in [2.75, 3.05) is 62.7 Å². The van der Waals surface area contributed by atoms with Gasteiger partial charge >= 0.3 is 6.18 Å². The fourth-order valence-electron chi connectivity index (χ4n) is 8.39. The van der Waals surface area contributed by atoms with Crippen LogP contribution in [0.4, 0.5) is 24.5 Å². The highest BCUT2D eigenvalue weighted by Crippen LogP contribution is 2.57. The molecule has 4 aliphatic heterocycles. The number of hydrogen-bond donors (Lipinski definition) is 4. The number of halogens is 4. The van der Waals surface area contributed by atoms with Gasteiger partial charge in [0, 0.05) is 68.5 Å². The second kappa shape index (κ2) is 16.0. The zero-order valence-corrected chi connectivity index (χ0v) is 34.8. The normalized spacial score (nSPS) is 19.4. The van der Waals surface area contributed by atoms with Crippen LogP contribution in [0.2, 0.25) is 5.02 Å². The predicted molar refractivity (Wildman–Crippen MR) is 225 cm³/mol. The largest absolute Gasteiger partial charge is 0.504 e. The lowest BCUT2D eigenvalue weighted by atomic mass is 9.87.